The molecule has 2 aliphatic heterocycles. The highest BCUT2D eigenvalue weighted by Gasteiger charge is 2.24. The fourth-order valence-corrected chi connectivity index (χ4v) is 4.10. The Kier molecular flexibility index (Phi) is 8.31. The van der Waals surface area contributed by atoms with Crippen molar-refractivity contribution in [2.24, 2.45) is 5.92 Å². The molecule has 0 aromatic heterocycles. The number of urea groups is 1. The number of carbonyl (C=O) groups is 2. The Balaban J connectivity index is 1.30. The highest BCUT2D eigenvalue weighted by molar-refractivity contribution is 5.78. The number of hydrogen-bond acceptors (Lipinski definition) is 4. The Morgan fingerprint density at radius 1 is 0.931 bits per heavy atom. The number of hydrogen-bond donors (Lipinski definition) is 2. The summed E-state index contributed by atoms with van der Waals surface area (Å²) in [5.74, 6) is 0.619. The van der Waals surface area contributed by atoms with Crippen LogP contribution in [0.4, 0.5) is 4.79 Å². The second-order valence-corrected chi connectivity index (χ2v) is 8.11. The van der Waals surface area contributed by atoms with Crippen LogP contribution in [0.2, 0.25) is 0 Å². The van der Waals surface area contributed by atoms with Gasteiger partial charge >= 0.3 is 6.03 Å². The van der Waals surface area contributed by atoms with Crippen molar-refractivity contribution in [3.63, 3.8) is 0 Å². The molecule has 2 saturated heterocycles. The molecule has 1 aromatic carbocycles. The van der Waals surface area contributed by atoms with Crippen LogP contribution >= 0.6 is 0 Å². The molecule has 2 fully saturated rings. The Hall–Kier alpha value is -2.12. The van der Waals surface area contributed by atoms with Crippen LogP contribution in [0.25, 0.3) is 0 Å². The van der Waals surface area contributed by atoms with Gasteiger partial charge in [0.1, 0.15) is 0 Å². The molecule has 0 saturated carbocycles. The summed E-state index contributed by atoms with van der Waals surface area (Å²) < 4.78 is 0. The first-order valence-corrected chi connectivity index (χ1v) is 10.9. The van der Waals surface area contributed by atoms with Crippen LogP contribution in [-0.4, -0.2) is 85.5 Å². The van der Waals surface area contributed by atoms with Gasteiger partial charge < -0.3 is 15.5 Å². The zero-order chi connectivity index (χ0) is 20.5. The van der Waals surface area contributed by atoms with Crippen LogP contribution in [0, 0.1) is 5.92 Å². The molecule has 2 aliphatic rings. The van der Waals surface area contributed by atoms with Crippen molar-refractivity contribution in [2.75, 3.05) is 58.9 Å². The van der Waals surface area contributed by atoms with Crippen molar-refractivity contribution >= 4 is 11.9 Å². The van der Waals surface area contributed by atoms with Crippen LogP contribution in [0.15, 0.2) is 30.3 Å². The summed E-state index contributed by atoms with van der Waals surface area (Å²) in [6.07, 6.45) is 2.26. The minimum Gasteiger partial charge on any atom is -0.355 e. The quantitative estimate of drug-likeness (QED) is 0.724. The minimum absolute atomic E-state index is 0.0365. The molecule has 0 bridgehead atoms. The summed E-state index contributed by atoms with van der Waals surface area (Å²) in [7, 11) is 0. The summed E-state index contributed by atoms with van der Waals surface area (Å²) in [6.45, 7) is 9.83. The van der Waals surface area contributed by atoms with Gasteiger partial charge in [-0.3, -0.25) is 14.6 Å². The highest BCUT2D eigenvalue weighted by atomic mass is 16.2. The molecule has 29 heavy (non-hydrogen) atoms. The molecular formula is C22H35N5O2. The maximum Gasteiger partial charge on any atom is 0.317 e. The monoisotopic (exact) mass is 401 g/mol. The number of rotatable bonds is 7. The van der Waals surface area contributed by atoms with Gasteiger partial charge in [0.25, 0.3) is 0 Å². The molecule has 7 heteroatoms. The van der Waals surface area contributed by atoms with Gasteiger partial charge in [-0.2, -0.15) is 0 Å². The van der Waals surface area contributed by atoms with Crippen LogP contribution in [0.5, 0.6) is 0 Å². The third-order valence-electron chi connectivity index (χ3n) is 5.90. The number of amides is 3. The maximum absolute atomic E-state index is 12.5. The van der Waals surface area contributed by atoms with E-state index in [0.29, 0.717) is 32.1 Å². The van der Waals surface area contributed by atoms with Gasteiger partial charge in [-0.25, -0.2) is 4.79 Å². The lowest BCUT2D eigenvalue weighted by molar-refractivity contribution is -0.122. The Bertz CT molecular complexity index is 638. The summed E-state index contributed by atoms with van der Waals surface area (Å²) >= 11 is 0. The van der Waals surface area contributed by atoms with E-state index in [1.807, 2.05) is 11.8 Å². The lowest BCUT2D eigenvalue weighted by atomic mass is 9.96. The normalized spacial score (nSPS) is 19.1. The number of piperidine rings is 1. The van der Waals surface area contributed by atoms with Gasteiger partial charge in [-0.1, -0.05) is 30.3 Å². The predicted molar refractivity (Wildman–Crippen MR) is 115 cm³/mol. The van der Waals surface area contributed by atoms with Crippen molar-refractivity contribution in [1.82, 2.24) is 25.3 Å². The van der Waals surface area contributed by atoms with E-state index >= 15 is 0 Å². The first kappa shape index (κ1) is 21.6. The molecule has 0 atom stereocenters. The molecule has 3 amide bonds. The summed E-state index contributed by atoms with van der Waals surface area (Å²) in [4.78, 5) is 30.6. The Morgan fingerprint density at radius 2 is 1.62 bits per heavy atom. The largest absolute Gasteiger partial charge is 0.355 e. The van der Waals surface area contributed by atoms with E-state index in [9.17, 15) is 9.59 Å². The average molecular weight is 402 g/mol. The first-order valence-electron chi connectivity index (χ1n) is 10.9. The van der Waals surface area contributed by atoms with E-state index in [-0.39, 0.29) is 11.9 Å². The molecular weight excluding hydrogens is 366 g/mol. The van der Waals surface area contributed by atoms with Gasteiger partial charge in [-0.15, -0.1) is 0 Å². The molecule has 7 nitrogen and oxygen atoms in total. The second-order valence-electron chi connectivity index (χ2n) is 8.11. The van der Waals surface area contributed by atoms with Crippen molar-refractivity contribution in [3.05, 3.63) is 35.9 Å². The van der Waals surface area contributed by atoms with Gasteiger partial charge in [0.15, 0.2) is 0 Å². The molecule has 2 N–H and O–H groups in total. The molecule has 0 radical (unpaired) electrons. The maximum atomic E-state index is 12.5. The SMILES string of the molecule is CCNC(=O)CN1CCN(C(=O)NCC2CCN(Cc3ccccc3)CC2)CC1. The molecule has 2 heterocycles. The Labute approximate surface area is 174 Å². The number of piperazine rings is 1. The highest BCUT2D eigenvalue weighted by Crippen LogP contribution is 2.18. The van der Waals surface area contributed by atoms with E-state index in [1.165, 1.54) is 5.56 Å². The molecule has 0 spiro atoms. The van der Waals surface area contributed by atoms with E-state index in [2.05, 4.69) is 50.8 Å². The topological polar surface area (TPSA) is 67.9 Å². The number of likely N-dealkylation sites (N-methyl/N-ethyl adjacent to an activating group) is 1. The van der Waals surface area contributed by atoms with E-state index in [4.69, 9.17) is 0 Å². The standard InChI is InChI=1S/C22H35N5O2/c1-2-23-21(28)18-26-12-14-27(15-13-26)22(29)24-16-19-8-10-25(11-9-19)17-20-6-4-3-5-7-20/h3-7,19H,2,8-18H2,1H3,(H,23,28)(H,24,29). The number of likely N-dealkylation sites (tertiary alicyclic amines) is 1. The Morgan fingerprint density at radius 3 is 2.28 bits per heavy atom. The number of nitrogens with one attached hydrogen (secondary N) is 2. The van der Waals surface area contributed by atoms with Gasteiger partial charge in [0, 0.05) is 45.8 Å². The summed E-state index contributed by atoms with van der Waals surface area (Å²) in [5, 5.41) is 5.96. The minimum atomic E-state index is 0.0365. The lowest BCUT2D eigenvalue weighted by Gasteiger charge is -2.35. The van der Waals surface area contributed by atoms with E-state index < -0.39 is 0 Å². The fraction of sp³-hybridized carbons (Fsp3) is 0.636. The molecule has 160 valence electrons. The third kappa shape index (κ3) is 7.01. The van der Waals surface area contributed by atoms with Crippen molar-refractivity contribution in [2.45, 2.75) is 26.3 Å². The molecule has 3 rings (SSSR count). The van der Waals surface area contributed by atoms with Gasteiger partial charge in [0.2, 0.25) is 5.91 Å². The van der Waals surface area contributed by atoms with Gasteiger partial charge in [0.05, 0.1) is 6.54 Å². The van der Waals surface area contributed by atoms with Crippen LogP contribution in [-0.2, 0) is 11.3 Å². The smallest absolute Gasteiger partial charge is 0.317 e. The number of nitrogens with zero attached hydrogens (tertiary/aromatic N) is 3. The molecule has 0 unspecified atom stereocenters. The van der Waals surface area contributed by atoms with Crippen molar-refractivity contribution < 1.29 is 9.59 Å². The number of carbonyl (C=O) groups excluding carboxylic acids is 2. The lowest BCUT2D eigenvalue weighted by Crippen LogP contribution is -2.54. The zero-order valence-corrected chi connectivity index (χ0v) is 17.6. The van der Waals surface area contributed by atoms with Gasteiger partial charge in [-0.05, 0) is 44.3 Å². The molecule has 1 aromatic rings. The molecule has 0 aliphatic carbocycles. The van der Waals surface area contributed by atoms with Crippen LogP contribution < -0.4 is 10.6 Å². The van der Waals surface area contributed by atoms with Crippen LogP contribution in [0.1, 0.15) is 25.3 Å². The zero-order valence-electron chi connectivity index (χ0n) is 17.6. The fourth-order valence-electron chi connectivity index (χ4n) is 4.10. The predicted octanol–water partition coefficient (Wildman–Crippen LogP) is 1.36. The summed E-state index contributed by atoms with van der Waals surface area (Å²) in [6, 6.07) is 10.6. The number of benzene rings is 1. The van der Waals surface area contributed by atoms with Crippen molar-refractivity contribution in [3.8, 4) is 0 Å². The van der Waals surface area contributed by atoms with E-state index in [1.54, 1.807) is 0 Å². The second kappa shape index (κ2) is 11.2. The van der Waals surface area contributed by atoms with E-state index in [0.717, 1.165) is 52.1 Å². The third-order valence-corrected chi connectivity index (χ3v) is 5.90. The van der Waals surface area contributed by atoms with Crippen LogP contribution in [0.3, 0.4) is 0 Å². The average Bonchev–Trinajstić information content (AvgIpc) is 2.74. The first-order chi connectivity index (χ1) is 14.1. The van der Waals surface area contributed by atoms with Crippen molar-refractivity contribution in [1.29, 1.82) is 0 Å². The summed E-state index contributed by atoms with van der Waals surface area (Å²) in [5.41, 5.74) is 1.37.